The van der Waals surface area contributed by atoms with Gasteiger partial charge in [-0.3, -0.25) is 0 Å². The second kappa shape index (κ2) is 19.5. The molecule has 0 aromatic rings. The van der Waals surface area contributed by atoms with Crippen molar-refractivity contribution < 1.29 is 4.74 Å². The van der Waals surface area contributed by atoms with Gasteiger partial charge in [0.25, 0.3) is 0 Å². The summed E-state index contributed by atoms with van der Waals surface area (Å²) in [5, 5.41) is 0. The third kappa shape index (κ3) is 19.5. The Morgan fingerprint density at radius 2 is 1.00 bits per heavy atom. The van der Waals surface area contributed by atoms with Gasteiger partial charge in [-0.25, -0.2) is 0 Å². The second-order valence-corrected chi connectivity index (χ2v) is 6.21. The summed E-state index contributed by atoms with van der Waals surface area (Å²) in [6.45, 7) is 5.10. The zero-order chi connectivity index (χ0) is 15.4. The topological polar surface area (TPSA) is 9.23 Å². The predicted octanol–water partition coefficient (Wildman–Crippen LogP) is 7.41. The van der Waals surface area contributed by atoms with Crippen molar-refractivity contribution in [2.75, 3.05) is 6.61 Å². The summed E-state index contributed by atoms with van der Waals surface area (Å²) in [4.78, 5) is 0. The highest BCUT2D eigenvalue weighted by atomic mass is 16.5. The Labute approximate surface area is 134 Å². The van der Waals surface area contributed by atoms with E-state index in [1.54, 1.807) is 0 Å². The minimum Gasteiger partial charge on any atom is -0.502 e. The van der Waals surface area contributed by atoms with E-state index in [0.717, 1.165) is 6.61 Å². The molecule has 1 heteroatoms. The molecular weight excluding hydrogens is 256 g/mol. The zero-order valence-corrected chi connectivity index (χ0v) is 14.9. The van der Waals surface area contributed by atoms with Gasteiger partial charge in [-0.05, 0) is 25.8 Å². The lowest BCUT2D eigenvalue weighted by atomic mass is 10.0. The molecule has 0 aliphatic heterocycles. The number of ether oxygens (including phenoxy) is 1. The monoisotopic (exact) mass is 296 g/mol. The summed E-state index contributed by atoms with van der Waals surface area (Å²) in [6.07, 6.45) is 25.2. The predicted molar refractivity (Wildman–Crippen MR) is 95.7 cm³/mol. The molecule has 0 aliphatic carbocycles. The van der Waals surface area contributed by atoms with Crippen molar-refractivity contribution in [3.05, 3.63) is 12.3 Å². The SMILES string of the molecule is CCCCCCCCCCCCCCCCC=COCC. The molecule has 0 N–H and O–H groups in total. The number of hydrogen-bond donors (Lipinski definition) is 0. The molecule has 0 radical (unpaired) electrons. The van der Waals surface area contributed by atoms with Crippen LogP contribution in [-0.4, -0.2) is 6.61 Å². The summed E-state index contributed by atoms with van der Waals surface area (Å²) in [5.74, 6) is 0. The molecule has 0 aliphatic rings. The van der Waals surface area contributed by atoms with Crippen LogP contribution in [0.25, 0.3) is 0 Å². The van der Waals surface area contributed by atoms with Gasteiger partial charge in [0.2, 0.25) is 0 Å². The van der Waals surface area contributed by atoms with E-state index in [1.807, 2.05) is 13.2 Å². The minimum atomic E-state index is 0.787. The standard InChI is InChI=1S/C20H40O/c1-3-5-6-7-8-9-10-11-12-13-14-15-16-17-18-19-20-21-4-2/h19-20H,3-18H2,1-2H3. The van der Waals surface area contributed by atoms with E-state index in [4.69, 9.17) is 4.74 Å². The van der Waals surface area contributed by atoms with E-state index in [-0.39, 0.29) is 0 Å². The van der Waals surface area contributed by atoms with Crippen molar-refractivity contribution in [1.82, 2.24) is 0 Å². The molecule has 1 nitrogen and oxygen atoms in total. The lowest BCUT2D eigenvalue weighted by Gasteiger charge is -2.02. The molecule has 0 atom stereocenters. The highest BCUT2D eigenvalue weighted by Gasteiger charge is 1.93. The maximum absolute atomic E-state index is 5.17. The maximum Gasteiger partial charge on any atom is 0.0845 e. The summed E-state index contributed by atoms with van der Waals surface area (Å²) < 4.78 is 5.17. The van der Waals surface area contributed by atoms with Gasteiger partial charge in [0.05, 0.1) is 12.9 Å². The number of hydrogen-bond acceptors (Lipinski definition) is 1. The van der Waals surface area contributed by atoms with E-state index in [2.05, 4.69) is 13.0 Å². The van der Waals surface area contributed by atoms with Gasteiger partial charge in [-0.2, -0.15) is 0 Å². The summed E-state index contributed by atoms with van der Waals surface area (Å²) in [7, 11) is 0. The normalized spacial score (nSPS) is 11.3. The first-order chi connectivity index (χ1) is 10.4. The molecule has 0 saturated carbocycles. The Morgan fingerprint density at radius 1 is 0.571 bits per heavy atom. The average molecular weight is 297 g/mol. The van der Waals surface area contributed by atoms with Crippen LogP contribution >= 0.6 is 0 Å². The molecule has 0 bridgehead atoms. The molecule has 0 unspecified atom stereocenters. The Balaban J connectivity index is 2.96. The quantitative estimate of drug-likeness (QED) is 0.200. The zero-order valence-electron chi connectivity index (χ0n) is 14.9. The third-order valence-corrected chi connectivity index (χ3v) is 4.08. The molecule has 0 rings (SSSR count). The Kier molecular flexibility index (Phi) is 19.1. The van der Waals surface area contributed by atoms with Crippen LogP contribution in [0, 0.1) is 0 Å². The van der Waals surface area contributed by atoms with E-state index in [0.29, 0.717) is 0 Å². The molecule has 0 spiro atoms. The van der Waals surface area contributed by atoms with Crippen LogP contribution in [0.15, 0.2) is 12.3 Å². The van der Waals surface area contributed by atoms with Gasteiger partial charge in [0.1, 0.15) is 0 Å². The summed E-state index contributed by atoms with van der Waals surface area (Å²) in [6, 6.07) is 0. The van der Waals surface area contributed by atoms with Crippen molar-refractivity contribution in [3.63, 3.8) is 0 Å². The molecule has 0 aromatic heterocycles. The fraction of sp³-hybridized carbons (Fsp3) is 0.900. The molecule has 0 aromatic carbocycles. The van der Waals surface area contributed by atoms with Gasteiger partial charge < -0.3 is 4.74 Å². The van der Waals surface area contributed by atoms with Crippen LogP contribution in [0.1, 0.15) is 110 Å². The fourth-order valence-corrected chi connectivity index (χ4v) is 2.69. The van der Waals surface area contributed by atoms with Gasteiger partial charge in [0, 0.05) is 0 Å². The first kappa shape index (κ1) is 20.5. The van der Waals surface area contributed by atoms with Gasteiger partial charge in [-0.1, -0.05) is 90.4 Å². The number of unbranched alkanes of at least 4 members (excludes halogenated alkanes) is 14. The van der Waals surface area contributed by atoms with Crippen molar-refractivity contribution in [1.29, 1.82) is 0 Å². The van der Waals surface area contributed by atoms with Crippen LogP contribution < -0.4 is 0 Å². The van der Waals surface area contributed by atoms with Gasteiger partial charge >= 0.3 is 0 Å². The molecule has 126 valence electrons. The Hall–Kier alpha value is -0.460. The van der Waals surface area contributed by atoms with Crippen molar-refractivity contribution in [3.8, 4) is 0 Å². The largest absolute Gasteiger partial charge is 0.502 e. The lowest BCUT2D eigenvalue weighted by Crippen LogP contribution is -1.83. The smallest absolute Gasteiger partial charge is 0.0845 e. The third-order valence-electron chi connectivity index (χ3n) is 4.08. The van der Waals surface area contributed by atoms with E-state index in [9.17, 15) is 0 Å². The molecule has 0 amide bonds. The fourth-order valence-electron chi connectivity index (χ4n) is 2.69. The highest BCUT2D eigenvalue weighted by Crippen LogP contribution is 2.13. The van der Waals surface area contributed by atoms with Crippen molar-refractivity contribution in [2.24, 2.45) is 0 Å². The van der Waals surface area contributed by atoms with Gasteiger partial charge in [0.15, 0.2) is 0 Å². The highest BCUT2D eigenvalue weighted by molar-refractivity contribution is 4.72. The second-order valence-electron chi connectivity index (χ2n) is 6.21. The summed E-state index contributed by atoms with van der Waals surface area (Å²) in [5.41, 5.74) is 0. The number of allylic oxidation sites excluding steroid dienone is 1. The van der Waals surface area contributed by atoms with Crippen molar-refractivity contribution >= 4 is 0 Å². The lowest BCUT2D eigenvalue weighted by molar-refractivity contribution is 0.268. The van der Waals surface area contributed by atoms with Crippen LogP contribution in [0.5, 0.6) is 0 Å². The average Bonchev–Trinajstić information content (AvgIpc) is 2.50. The first-order valence-electron chi connectivity index (χ1n) is 9.68. The molecule has 0 saturated heterocycles. The summed E-state index contributed by atoms with van der Waals surface area (Å²) >= 11 is 0. The van der Waals surface area contributed by atoms with E-state index < -0.39 is 0 Å². The van der Waals surface area contributed by atoms with Crippen molar-refractivity contribution in [2.45, 2.75) is 110 Å². The molecular formula is C20H40O. The minimum absolute atomic E-state index is 0.787. The van der Waals surface area contributed by atoms with E-state index >= 15 is 0 Å². The van der Waals surface area contributed by atoms with Crippen LogP contribution in [-0.2, 0) is 4.74 Å². The maximum atomic E-state index is 5.17. The van der Waals surface area contributed by atoms with Crippen LogP contribution in [0.4, 0.5) is 0 Å². The molecule has 21 heavy (non-hydrogen) atoms. The molecule has 0 heterocycles. The van der Waals surface area contributed by atoms with Gasteiger partial charge in [-0.15, -0.1) is 0 Å². The van der Waals surface area contributed by atoms with Crippen LogP contribution in [0.3, 0.4) is 0 Å². The first-order valence-corrected chi connectivity index (χ1v) is 9.68. The Morgan fingerprint density at radius 3 is 1.43 bits per heavy atom. The number of rotatable bonds is 17. The van der Waals surface area contributed by atoms with Crippen LogP contribution in [0.2, 0.25) is 0 Å². The Bertz CT molecular complexity index is 198. The van der Waals surface area contributed by atoms with E-state index in [1.165, 1.54) is 96.3 Å². The molecule has 0 fully saturated rings.